The number of hydrogen-bond donors (Lipinski definition) is 0. The van der Waals surface area contributed by atoms with E-state index in [4.69, 9.17) is 0 Å². The van der Waals surface area contributed by atoms with Gasteiger partial charge in [0.25, 0.3) is 0 Å². The molecule has 0 aromatic rings. The third-order valence-electron chi connectivity index (χ3n) is 2.23. The topological polar surface area (TPSA) is 0 Å². The minimum absolute atomic E-state index is 0.848. The molecule has 0 heterocycles. The molecule has 0 saturated heterocycles. The van der Waals surface area contributed by atoms with E-state index in [9.17, 15) is 0 Å². The van der Waals surface area contributed by atoms with Crippen LogP contribution in [0.4, 0.5) is 0 Å². The summed E-state index contributed by atoms with van der Waals surface area (Å²) in [6.07, 6.45) is 11.3. The van der Waals surface area contributed by atoms with Crippen molar-refractivity contribution in [1.82, 2.24) is 0 Å². The smallest absolute Gasteiger partial charge is 0.0348 e. The summed E-state index contributed by atoms with van der Waals surface area (Å²) in [6.45, 7) is 9.16. The number of hydrogen-bond acceptors (Lipinski definition) is 0. The Morgan fingerprint density at radius 1 is 0.769 bits per heavy atom. The largest absolute Gasteiger partial charge is 0.0885 e. The summed E-state index contributed by atoms with van der Waals surface area (Å²) in [6, 6.07) is 0. The van der Waals surface area contributed by atoms with Crippen LogP contribution >= 0.6 is 0 Å². The first-order chi connectivity index (χ1) is 6.13. The Bertz CT molecular complexity index is 120. The quantitative estimate of drug-likeness (QED) is 0.392. The molecule has 0 rings (SSSR count). The molecule has 13 heavy (non-hydrogen) atoms. The van der Waals surface area contributed by atoms with Crippen LogP contribution in [-0.2, 0) is 0 Å². The van der Waals surface area contributed by atoms with Gasteiger partial charge in [-0.25, -0.2) is 0 Å². The van der Waals surface area contributed by atoms with E-state index < -0.39 is 0 Å². The number of allylic oxidation sites excluding steroid dienone is 2. The van der Waals surface area contributed by atoms with Crippen LogP contribution in [-0.4, -0.2) is 0 Å². The maximum Gasteiger partial charge on any atom is -0.0348 e. The first-order valence-electron chi connectivity index (χ1n) is 5.78. The van der Waals surface area contributed by atoms with Gasteiger partial charge in [-0.05, 0) is 37.5 Å². The molecule has 0 aliphatic carbocycles. The van der Waals surface area contributed by atoms with Crippen molar-refractivity contribution in [3.63, 3.8) is 0 Å². The maximum atomic E-state index is 2.35. The van der Waals surface area contributed by atoms with Crippen LogP contribution in [0.1, 0.15) is 59.8 Å². The van der Waals surface area contributed by atoms with Gasteiger partial charge < -0.3 is 0 Å². The van der Waals surface area contributed by atoms with Gasteiger partial charge in [0, 0.05) is 0 Å². The minimum Gasteiger partial charge on any atom is -0.0885 e. The Hall–Kier alpha value is -0.260. The Balaban J connectivity index is 3.13. The van der Waals surface area contributed by atoms with Crippen molar-refractivity contribution in [2.24, 2.45) is 11.8 Å². The van der Waals surface area contributed by atoms with E-state index in [-0.39, 0.29) is 0 Å². The minimum atomic E-state index is 0.848. The predicted molar refractivity (Wildman–Crippen MR) is 61.9 cm³/mol. The maximum absolute atomic E-state index is 2.35. The predicted octanol–water partition coefficient (Wildman–Crippen LogP) is 4.81. The van der Waals surface area contributed by atoms with E-state index in [2.05, 4.69) is 39.8 Å². The normalized spacial score (nSPS) is 12.2. The molecule has 0 saturated carbocycles. The van der Waals surface area contributed by atoms with E-state index in [1.54, 1.807) is 0 Å². The van der Waals surface area contributed by atoms with E-state index in [1.165, 1.54) is 32.1 Å². The summed E-state index contributed by atoms with van der Waals surface area (Å²) in [7, 11) is 0. The van der Waals surface area contributed by atoms with Crippen molar-refractivity contribution < 1.29 is 0 Å². The molecule has 0 fully saturated rings. The highest BCUT2D eigenvalue weighted by atomic mass is 14.0. The lowest BCUT2D eigenvalue weighted by atomic mass is 10.1. The fourth-order valence-corrected chi connectivity index (χ4v) is 1.31. The molecule has 0 nitrogen and oxygen atoms in total. The van der Waals surface area contributed by atoms with Gasteiger partial charge in [0.05, 0.1) is 0 Å². The average molecular weight is 182 g/mol. The van der Waals surface area contributed by atoms with E-state index in [0.29, 0.717) is 0 Å². The van der Waals surface area contributed by atoms with Crippen LogP contribution in [0, 0.1) is 11.8 Å². The van der Waals surface area contributed by atoms with Crippen LogP contribution in [0.25, 0.3) is 0 Å². The second-order valence-electron chi connectivity index (χ2n) is 4.77. The molecule has 0 aromatic heterocycles. The summed E-state index contributed by atoms with van der Waals surface area (Å²) in [4.78, 5) is 0. The van der Waals surface area contributed by atoms with Crippen molar-refractivity contribution in [3.8, 4) is 0 Å². The molecule has 0 aliphatic heterocycles. The standard InChI is InChI=1S/C13H26/c1-12(2)10-8-6-5-7-9-11-13(3)4/h5-6,12-13H,7-11H2,1-4H3/b6-5+. The van der Waals surface area contributed by atoms with Crippen molar-refractivity contribution >= 4 is 0 Å². The van der Waals surface area contributed by atoms with Gasteiger partial charge in [-0.2, -0.15) is 0 Å². The molecular formula is C13H26. The van der Waals surface area contributed by atoms with Crippen LogP contribution in [0.5, 0.6) is 0 Å². The van der Waals surface area contributed by atoms with E-state index in [1.807, 2.05) is 0 Å². The highest BCUT2D eigenvalue weighted by Crippen LogP contribution is 2.08. The zero-order chi connectivity index (χ0) is 10.1. The highest BCUT2D eigenvalue weighted by molar-refractivity contribution is 4.81. The molecule has 0 aliphatic rings. The van der Waals surface area contributed by atoms with Gasteiger partial charge in [-0.1, -0.05) is 46.3 Å². The van der Waals surface area contributed by atoms with Gasteiger partial charge in [0.15, 0.2) is 0 Å². The molecule has 78 valence electrons. The lowest BCUT2D eigenvalue weighted by molar-refractivity contribution is 0.558. The monoisotopic (exact) mass is 182 g/mol. The van der Waals surface area contributed by atoms with Crippen LogP contribution in [0.15, 0.2) is 12.2 Å². The van der Waals surface area contributed by atoms with Crippen molar-refractivity contribution in [1.29, 1.82) is 0 Å². The van der Waals surface area contributed by atoms with Crippen LogP contribution in [0.3, 0.4) is 0 Å². The Labute approximate surface area is 84.4 Å². The third-order valence-corrected chi connectivity index (χ3v) is 2.23. The van der Waals surface area contributed by atoms with Crippen molar-refractivity contribution in [3.05, 3.63) is 12.2 Å². The molecule has 0 bridgehead atoms. The van der Waals surface area contributed by atoms with Crippen molar-refractivity contribution in [2.45, 2.75) is 59.8 Å². The fraction of sp³-hybridized carbons (Fsp3) is 0.846. The fourth-order valence-electron chi connectivity index (χ4n) is 1.31. The lowest BCUT2D eigenvalue weighted by Crippen LogP contribution is -1.85. The van der Waals surface area contributed by atoms with Crippen LogP contribution in [0.2, 0.25) is 0 Å². The lowest BCUT2D eigenvalue weighted by Gasteiger charge is -2.01. The second kappa shape index (κ2) is 8.34. The molecule has 0 heteroatoms. The van der Waals surface area contributed by atoms with Crippen LogP contribution < -0.4 is 0 Å². The molecule has 0 amide bonds. The second-order valence-corrected chi connectivity index (χ2v) is 4.77. The number of rotatable bonds is 7. The zero-order valence-corrected chi connectivity index (χ0v) is 9.84. The number of unbranched alkanes of at least 4 members (excludes halogenated alkanes) is 1. The van der Waals surface area contributed by atoms with Crippen molar-refractivity contribution in [2.75, 3.05) is 0 Å². The summed E-state index contributed by atoms with van der Waals surface area (Å²) in [5, 5.41) is 0. The molecule has 0 aromatic carbocycles. The van der Waals surface area contributed by atoms with E-state index >= 15 is 0 Å². The first kappa shape index (κ1) is 12.7. The van der Waals surface area contributed by atoms with E-state index in [0.717, 1.165) is 11.8 Å². The summed E-state index contributed by atoms with van der Waals surface area (Å²) < 4.78 is 0. The highest BCUT2D eigenvalue weighted by Gasteiger charge is 1.92. The summed E-state index contributed by atoms with van der Waals surface area (Å²) in [5.74, 6) is 1.71. The van der Waals surface area contributed by atoms with Gasteiger partial charge in [-0.15, -0.1) is 0 Å². The molecule has 0 spiro atoms. The first-order valence-corrected chi connectivity index (χ1v) is 5.78. The average Bonchev–Trinajstić information content (AvgIpc) is 2.01. The molecule has 0 radical (unpaired) electrons. The van der Waals surface area contributed by atoms with Gasteiger partial charge in [0.2, 0.25) is 0 Å². The Morgan fingerprint density at radius 2 is 1.31 bits per heavy atom. The summed E-state index contributed by atoms with van der Waals surface area (Å²) in [5.41, 5.74) is 0. The SMILES string of the molecule is CC(C)CC/C=C/CCCC(C)C. The van der Waals surface area contributed by atoms with Gasteiger partial charge >= 0.3 is 0 Å². The summed E-state index contributed by atoms with van der Waals surface area (Å²) >= 11 is 0. The third kappa shape index (κ3) is 11.7. The molecular weight excluding hydrogens is 156 g/mol. The van der Waals surface area contributed by atoms with Gasteiger partial charge in [0.1, 0.15) is 0 Å². The molecule has 0 N–H and O–H groups in total. The molecule has 0 atom stereocenters. The zero-order valence-electron chi connectivity index (χ0n) is 9.84. The molecule has 0 unspecified atom stereocenters. The Morgan fingerprint density at radius 3 is 1.85 bits per heavy atom. The van der Waals surface area contributed by atoms with Gasteiger partial charge in [-0.3, -0.25) is 0 Å². The Kier molecular flexibility index (Phi) is 8.18.